The molecule has 1 aromatic carbocycles. The number of nitrogens with one attached hydrogen (secondary N) is 1. The van der Waals surface area contributed by atoms with Gasteiger partial charge in [0.15, 0.2) is 23.0 Å². The van der Waals surface area contributed by atoms with Gasteiger partial charge in [-0.25, -0.2) is 9.78 Å². The van der Waals surface area contributed by atoms with E-state index in [9.17, 15) is 4.79 Å². The largest absolute Gasteiger partial charge is 0.493 e. The maximum atomic E-state index is 11.6. The van der Waals surface area contributed by atoms with Crippen LogP contribution in [0.5, 0.6) is 11.5 Å². The zero-order valence-corrected chi connectivity index (χ0v) is 14.5. The Labute approximate surface area is 148 Å². The van der Waals surface area contributed by atoms with Crippen molar-refractivity contribution in [2.24, 2.45) is 0 Å². The molecule has 0 aliphatic carbocycles. The number of ether oxygens (including phenoxy) is 2. The van der Waals surface area contributed by atoms with Gasteiger partial charge in [-0.05, 0) is 42.3 Å². The van der Waals surface area contributed by atoms with Gasteiger partial charge in [-0.3, -0.25) is 4.98 Å². The number of nitrogens with zero attached hydrogens (tertiary/aromatic N) is 1. The third-order valence-electron chi connectivity index (χ3n) is 4.17. The van der Waals surface area contributed by atoms with Gasteiger partial charge in [-0.1, -0.05) is 0 Å². The van der Waals surface area contributed by atoms with Gasteiger partial charge >= 0.3 is 5.69 Å². The Bertz CT molecular complexity index is 1140. The van der Waals surface area contributed by atoms with Crippen LogP contribution in [-0.2, 0) is 0 Å². The van der Waals surface area contributed by atoms with Crippen molar-refractivity contribution in [2.45, 2.75) is 6.92 Å². The minimum Gasteiger partial charge on any atom is -0.493 e. The molecule has 0 unspecified atom stereocenters. The van der Waals surface area contributed by atoms with Crippen LogP contribution >= 0.6 is 0 Å². The van der Waals surface area contributed by atoms with Crippen LogP contribution < -0.4 is 15.2 Å². The van der Waals surface area contributed by atoms with Crippen molar-refractivity contribution < 1.29 is 18.3 Å². The molecular weight excluding hydrogens is 336 g/mol. The maximum absolute atomic E-state index is 11.6. The highest BCUT2D eigenvalue weighted by molar-refractivity contribution is 5.99. The molecule has 0 radical (unpaired) electrons. The smallest absolute Gasteiger partial charge is 0.347 e. The Balaban J connectivity index is 2.06. The van der Waals surface area contributed by atoms with Gasteiger partial charge in [0, 0.05) is 11.8 Å². The van der Waals surface area contributed by atoms with Crippen LogP contribution in [0.15, 0.2) is 50.4 Å². The molecule has 7 nitrogen and oxygen atoms in total. The van der Waals surface area contributed by atoms with Crippen LogP contribution in [0.4, 0.5) is 0 Å². The first-order chi connectivity index (χ1) is 12.6. The fourth-order valence-electron chi connectivity index (χ4n) is 3.08. The number of hydrogen-bond acceptors (Lipinski definition) is 6. The van der Waals surface area contributed by atoms with E-state index in [2.05, 4.69) is 9.97 Å². The van der Waals surface area contributed by atoms with E-state index in [-0.39, 0.29) is 0 Å². The summed E-state index contributed by atoms with van der Waals surface area (Å²) in [4.78, 5) is 18.0. The number of aryl methyl sites for hydroxylation is 1. The fraction of sp³-hybridized carbons (Fsp3) is 0.158. The van der Waals surface area contributed by atoms with E-state index in [1.54, 1.807) is 32.6 Å². The topological polar surface area (TPSA) is 90.5 Å². The van der Waals surface area contributed by atoms with Crippen LogP contribution in [0.2, 0.25) is 0 Å². The summed E-state index contributed by atoms with van der Waals surface area (Å²) in [6.45, 7) is 1.93. The Morgan fingerprint density at radius 1 is 1.19 bits per heavy atom. The van der Waals surface area contributed by atoms with Crippen LogP contribution in [0.25, 0.3) is 33.7 Å². The molecule has 0 amide bonds. The quantitative estimate of drug-likeness (QED) is 0.601. The van der Waals surface area contributed by atoms with Crippen molar-refractivity contribution in [3.63, 3.8) is 0 Å². The highest BCUT2D eigenvalue weighted by atomic mass is 16.5. The normalized spacial score (nSPS) is 11.0. The molecule has 26 heavy (non-hydrogen) atoms. The molecule has 1 N–H and O–H groups in total. The summed E-state index contributed by atoms with van der Waals surface area (Å²) in [5.74, 6) is 2.31. The average Bonchev–Trinajstić information content (AvgIpc) is 3.27. The number of H-pyrrole nitrogens is 1. The van der Waals surface area contributed by atoms with Gasteiger partial charge < -0.3 is 18.3 Å². The molecule has 0 aliphatic rings. The molecule has 0 aliphatic heterocycles. The Morgan fingerprint density at radius 2 is 2.04 bits per heavy atom. The SMILES string of the molecule is COc1cc(-c2c(-c3ccco3)oc3[nH]c(=O)ncc23)cc(C)c1OC. The third-order valence-corrected chi connectivity index (χ3v) is 4.17. The summed E-state index contributed by atoms with van der Waals surface area (Å²) >= 11 is 0. The molecule has 0 saturated carbocycles. The summed E-state index contributed by atoms with van der Waals surface area (Å²) in [5.41, 5.74) is 2.34. The predicted molar refractivity (Wildman–Crippen MR) is 95.6 cm³/mol. The van der Waals surface area contributed by atoms with E-state index < -0.39 is 5.69 Å². The fourth-order valence-corrected chi connectivity index (χ4v) is 3.08. The third kappa shape index (κ3) is 2.45. The average molecular weight is 352 g/mol. The second-order valence-corrected chi connectivity index (χ2v) is 5.74. The van der Waals surface area contributed by atoms with Gasteiger partial charge in [0.25, 0.3) is 0 Å². The molecular formula is C19H16N2O5. The summed E-state index contributed by atoms with van der Waals surface area (Å²) in [7, 11) is 3.18. The number of hydrogen-bond donors (Lipinski definition) is 1. The molecule has 7 heteroatoms. The molecule has 0 spiro atoms. The predicted octanol–water partition coefficient (Wildman–Crippen LogP) is 3.77. The van der Waals surface area contributed by atoms with Crippen LogP contribution in [0, 0.1) is 6.92 Å². The Hall–Kier alpha value is -3.48. The number of fused-ring (bicyclic) bond motifs is 1. The number of methoxy groups -OCH3 is 2. The van der Waals surface area contributed by atoms with E-state index >= 15 is 0 Å². The number of rotatable bonds is 4. The summed E-state index contributed by atoms with van der Waals surface area (Å²) in [6, 6.07) is 7.38. The van der Waals surface area contributed by atoms with Crippen molar-refractivity contribution in [2.75, 3.05) is 14.2 Å². The van der Waals surface area contributed by atoms with Gasteiger partial charge in [-0.15, -0.1) is 0 Å². The van der Waals surface area contributed by atoms with Crippen molar-refractivity contribution in [1.29, 1.82) is 0 Å². The molecule has 0 fully saturated rings. The van der Waals surface area contributed by atoms with Gasteiger partial charge in [0.1, 0.15) is 0 Å². The number of furan rings is 2. The van der Waals surface area contributed by atoms with Crippen LogP contribution in [0.3, 0.4) is 0 Å². The second-order valence-electron chi connectivity index (χ2n) is 5.74. The van der Waals surface area contributed by atoms with Crippen molar-refractivity contribution in [3.05, 3.63) is 52.8 Å². The minimum absolute atomic E-state index is 0.332. The first-order valence-corrected chi connectivity index (χ1v) is 7.91. The van der Waals surface area contributed by atoms with Gasteiger partial charge in [0.05, 0.1) is 25.9 Å². The molecule has 132 valence electrons. The number of aromatic nitrogens is 2. The van der Waals surface area contributed by atoms with E-state index in [0.29, 0.717) is 34.1 Å². The molecule has 0 bridgehead atoms. The van der Waals surface area contributed by atoms with E-state index in [0.717, 1.165) is 16.7 Å². The monoisotopic (exact) mass is 352 g/mol. The summed E-state index contributed by atoms with van der Waals surface area (Å²) in [6.07, 6.45) is 3.05. The van der Waals surface area contributed by atoms with E-state index in [1.807, 2.05) is 19.1 Å². The maximum Gasteiger partial charge on any atom is 0.347 e. The molecule has 3 aromatic heterocycles. The lowest BCUT2D eigenvalue weighted by atomic mass is 9.99. The second kappa shape index (κ2) is 6.11. The van der Waals surface area contributed by atoms with Gasteiger partial charge in [0.2, 0.25) is 5.71 Å². The first-order valence-electron chi connectivity index (χ1n) is 7.91. The molecule has 0 saturated heterocycles. The Morgan fingerprint density at radius 3 is 2.73 bits per heavy atom. The number of benzene rings is 1. The standard InChI is InChI=1S/C19H16N2O5/c1-10-7-11(8-14(23-2)16(10)24-3)15-12-9-20-19(22)21-18(12)26-17(15)13-5-4-6-25-13/h4-9H,1-3H3,(H,20,21,22). The van der Waals surface area contributed by atoms with Crippen LogP contribution in [0.1, 0.15) is 5.56 Å². The lowest BCUT2D eigenvalue weighted by molar-refractivity contribution is 0.353. The van der Waals surface area contributed by atoms with Gasteiger partial charge in [-0.2, -0.15) is 0 Å². The lowest BCUT2D eigenvalue weighted by Crippen LogP contribution is -2.07. The summed E-state index contributed by atoms with van der Waals surface area (Å²) < 4.78 is 22.3. The van der Waals surface area contributed by atoms with E-state index in [1.165, 1.54) is 6.20 Å². The zero-order valence-electron chi connectivity index (χ0n) is 14.5. The molecule has 3 heterocycles. The van der Waals surface area contributed by atoms with E-state index in [4.69, 9.17) is 18.3 Å². The minimum atomic E-state index is -0.479. The van der Waals surface area contributed by atoms with Crippen LogP contribution in [-0.4, -0.2) is 24.2 Å². The number of aromatic amines is 1. The Kier molecular flexibility index (Phi) is 3.76. The highest BCUT2D eigenvalue weighted by Crippen LogP contribution is 2.43. The summed E-state index contributed by atoms with van der Waals surface area (Å²) in [5, 5.41) is 0.669. The molecule has 4 aromatic rings. The molecule has 0 atom stereocenters. The zero-order chi connectivity index (χ0) is 18.3. The van der Waals surface area contributed by atoms with Crippen molar-refractivity contribution in [3.8, 4) is 34.1 Å². The first kappa shape index (κ1) is 16.0. The van der Waals surface area contributed by atoms with Crippen molar-refractivity contribution in [1.82, 2.24) is 9.97 Å². The lowest BCUT2D eigenvalue weighted by Gasteiger charge is -2.13. The highest BCUT2D eigenvalue weighted by Gasteiger charge is 2.22. The molecule has 4 rings (SSSR count). The van der Waals surface area contributed by atoms with Crippen molar-refractivity contribution >= 4 is 11.1 Å².